The zero-order valence-electron chi connectivity index (χ0n) is 11.7. The maximum absolute atomic E-state index is 6.08. The predicted molar refractivity (Wildman–Crippen MR) is 73.9 cm³/mol. The smallest absolute Gasteiger partial charge is 0.0951 e. The second kappa shape index (κ2) is 5.61. The molecule has 0 amide bonds. The van der Waals surface area contributed by atoms with Crippen molar-refractivity contribution < 1.29 is 4.74 Å². The van der Waals surface area contributed by atoms with E-state index in [0.29, 0.717) is 18.6 Å². The Bertz CT molecular complexity index is 415. The summed E-state index contributed by atoms with van der Waals surface area (Å²) in [6.07, 6.45) is 7.63. The van der Waals surface area contributed by atoms with Gasteiger partial charge in [-0.1, -0.05) is 6.92 Å². The highest BCUT2D eigenvalue weighted by Crippen LogP contribution is 2.38. The molecule has 0 bridgehead atoms. The molecule has 3 rings (SSSR count). The molecule has 2 fully saturated rings. The molecule has 0 spiro atoms. The van der Waals surface area contributed by atoms with Crippen LogP contribution >= 0.6 is 0 Å². The van der Waals surface area contributed by atoms with Gasteiger partial charge < -0.3 is 15.0 Å². The summed E-state index contributed by atoms with van der Waals surface area (Å²) in [4.78, 5) is 6.86. The Balaban J connectivity index is 1.83. The van der Waals surface area contributed by atoms with Gasteiger partial charge in [0.2, 0.25) is 0 Å². The zero-order chi connectivity index (χ0) is 13.2. The third-order valence-electron chi connectivity index (χ3n) is 4.35. The van der Waals surface area contributed by atoms with Gasteiger partial charge in [-0.2, -0.15) is 0 Å². The van der Waals surface area contributed by atoms with Crippen molar-refractivity contribution in [3.8, 4) is 0 Å². The Kier molecular flexibility index (Phi) is 3.86. The maximum Gasteiger partial charge on any atom is 0.0951 e. The third kappa shape index (κ3) is 2.55. The van der Waals surface area contributed by atoms with Gasteiger partial charge in [0, 0.05) is 31.4 Å². The fourth-order valence-electron chi connectivity index (χ4n) is 3.09. The molecule has 2 unspecified atom stereocenters. The van der Waals surface area contributed by atoms with Gasteiger partial charge in [0.05, 0.1) is 31.3 Å². The fraction of sp³-hybridized carbons (Fsp3) is 0.786. The summed E-state index contributed by atoms with van der Waals surface area (Å²) in [5.74, 6) is 0. The van der Waals surface area contributed by atoms with E-state index >= 15 is 0 Å². The second-order valence-electron chi connectivity index (χ2n) is 5.58. The van der Waals surface area contributed by atoms with E-state index in [1.54, 1.807) is 0 Å². The molecule has 1 saturated carbocycles. The average Bonchev–Trinajstić information content (AvgIpc) is 3.19. The number of hydrogen-bond donors (Lipinski definition) is 1. The monoisotopic (exact) mass is 264 g/mol. The van der Waals surface area contributed by atoms with Gasteiger partial charge in [-0.25, -0.2) is 4.98 Å². The van der Waals surface area contributed by atoms with E-state index in [2.05, 4.69) is 21.4 Å². The van der Waals surface area contributed by atoms with Gasteiger partial charge in [-0.15, -0.1) is 0 Å². The first-order valence-electron chi connectivity index (χ1n) is 7.40. The molecule has 1 saturated heterocycles. The molecule has 2 N–H and O–H groups in total. The first-order chi connectivity index (χ1) is 9.35. The number of aromatic nitrogens is 2. The summed E-state index contributed by atoms with van der Waals surface area (Å²) >= 11 is 0. The molecule has 19 heavy (non-hydrogen) atoms. The number of morpholine rings is 1. The Morgan fingerprint density at radius 2 is 2.37 bits per heavy atom. The number of nitrogens with zero attached hydrogens (tertiary/aromatic N) is 3. The maximum atomic E-state index is 6.08. The van der Waals surface area contributed by atoms with Crippen molar-refractivity contribution in [1.29, 1.82) is 0 Å². The number of nitrogens with two attached hydrogens (primary N) is 1. The number of rotatable bonds is 5. The minimum atomic E-state index is 0.275. The topological polar surface area (TPSA) is 56.3 Å². The quantitative estimate of drug-likeness (QED) is 0.871. The summed E-state index contributed by atoms with van der Waals surface area (Å²) in [7, 11) is 0. The van der Waals surface area contributed by atoms with Crippen LogP contribution in [0.15, 0.2) is 12.5 Å². The molecule has 106 valence electrons. The van der Waals surface area contributed by atoms with E-state index in [9.17, 15) is 0 Å². The van der Waals surface area contributed by atoms with Crippen molar-refractivity contribution >= 4 is 0 Å². The van der Waals surface area contributed by atoms with Gasteiger partial charge >= 0.3 is 0 Å². The third-order valence-corrected chi connectivity index (χ3v) is 4.35. The van der Waals surface area contributed by atoms with Gasteiger partial charge in [-0.3, -0.25) is 4.90 Å². The predicted octanol–water partition coefficient (Wildman–Crippen LogP) is 1.33. The highest BCUT2D eigenvalue weighted by molar-refractivity contribution is 5.11. The van der Waals surface area contributed by atoms with Crippen LogP contribution in [-0.4, -0.2) is 46.8 Å². The lowest BCUT2D eigenvalue weighted by molar-refractivity contribution is -0.0305. The van der Waals surface area contributed by atoms with Crippen LogP contribution in [0.5, 0.6) is 0 Å². The molecular weight excluding hydrogens is 240 g/mol. The summed E-state index contributed by atoms with van der Waals surface area (Å²) in [6.45, 7) is 5.47. The van der Waals surface area contributed by atoms with Crippen molar-refractivity contribution in [3.05, 3.63) is 18.2 Å². The Morgan fingerprint density at radius 1 is 1.53 bits per heavy atom. The van der Waals surface area contributed by atoms with E-state index in [0.717, 1.165) is 26.2 Å². The lowest BCUT2D eigenvalue weighted by atomic mass is 10.1. The van der Waals surface area contributed by atoms with Crippen molar-refractivity contribution in [2.45, 2.75) is 44.3 Å². The van der Waals surface area contributed by atoms with Gasteiger partial charge in [0.1, 0.15) is 0 Å². The van der Waals surface area contributed by atoms with E-state index < -0.39 is 0 Å². The van der Waals surface area contributed by atoms with Crippen LogP contribution < -0.4 is 5.73 Å². The molecular formula is C14H24N4O. The van der Waals surface area contributed by atoms with E-state index in [-0.39, 0.29) is 6.04 Å². The van der Waals surface area contributed by atoms with Gasteiger partial charge in [0.15, 0.2) is 0 Å². The van der Waals surface area contributed by atoms with Crippen LogP contribution in [0.3, 0.4) is 0 Å². The van der Waals surface area contributed by atoms with E-state index in [1.807, 2.05) is 12.5 Å². The number of imidazole rings is 1. The standard InChI is InChI=1S/C14H24N4O/c1-2-11-9-19-6-5-17(11)13(7-15)14-8-16-10-18(14)12-3-4-12/h8,10-13H,2-7,9,15H2,1H3. The fourth-order valence-corrected chi connectivity index (χ4v) is 3.09. The van der Waals surface area contributed by atoms with Crippen molar-refractivity contribution in [2.24, 2.45) is 5.73 Å². The Morgan fingerprint density at radius 3 is 3.05 bits per heavy atom. The number of ether oxygens (including phenoxy) is 1. The molecule has 0 radical (unpaired) electrons. The van der Waals surface area contributed by atoms with Crippen molar-refractivity contribution in [3.63, 3.8) is 0 Å². The van der Waals surface area contributed by atoms with Crippen molar-refractivity contribution in [2.75, 3.05) is 26.3 Å². The molecule has 2 heterocycles. The van der Waals surface area contributed by atoms with Crippen LogP contribution in [0.1, 0.15) is 44.0 Å². The minimum absolute atomic E-state index is 0.275. The van der Waals surface area contributed by atoms with E-state index in [1.165, 1.54) is 18.5 Å². The highest BCUT2D eigenvalue weighted by atomic mass is 16.5. The minimum Gasteiger partial charge on any atom is -0.378 e. The molecule has 2 atom stereocenters. The molecule has 1 aliphatic heterocycles. The van der Waals surface area contributed by atoms with E-state index in [4.69, 9.17) is 10.5 Å². The van der Waals surface area contributed by atoms with Crippen LogP contribution in [0.4, 0.5) is 0 Å². The van der Waals surface area contributed by atoms with Crippen LogP contribution in [0.2, 0.25) is 0 Å². The highest BCUT2D eigenvalue weighted by Gasteiger charge is 2.33. The van der Waals surface area contributed by atoms with Crippen LogP contribution in [-0.2, 0) is 4.74 Å². The number of hydrogen-bond acceptors (Lipinski definition) is 4. The van der Waals surface area contributed by atoms with Crippen LogP contribution in [0, 0.1) is 0 Å². The first-order valence-corrected chi connectivity index (χ1v) is 7.40. The lowest BCUT2D eigenvalue weighted by Gasteiger charge is -2.40. The van der Waals surface area contributed by atoms with Gasteiger partial charge in [0.25, 0.3) is 0 Å². The zero-order valence-corrected chi connectivity index (χ0v) is 11.7. The first kappa shape index (κ1) is 13.1. The van der Waals surface area contributed by atoms with Crippen LogP contribution in [0.25, 0.3) is 0 Å². The normalized spacial score (nSPS) is 26.5. The molecule has 2 aliphatic rings. The molecule has 1 aliphatic carbocycles. The molecule has 1 aromatic rings. The largest absolute Gasteiger partial charge is 0.378 e. The van der Waals surface area contributed by atoms with Crippen molar-refractivity contribution in [1.82, 2.24) is 14.5 Å². The SMILES string of the molecule is CCC1COCCN1C(CN)c1cncn1C1CC1. The van der Waals surface area contributed by atoms with Gasteiger partial charge in [-0.05, 0) is 19.3 Å². The second-order valence-corrected chi connectivity index (χ2v) is 5.58. The summed E-state index contributed by atoms with van der Waals surface area (Å²) in [5, 5.41) is 0. The summed E-state index contributed by atoms with van der Waals surface area (Å²) in [5.41, 5.74) is 7.36. The molecule has 1 aromatic heterocycles. The molecule has 5 nitrogen and oxygen atoms in total. The average molecular weight is 264 g/mol. The summed E-state index contributed by atoms with van der Waals surface area (Å²) in [6, 6.07) is 1.41. The summed E-state index contributed by atoms with van der Waals surface area (Å²) < 4.78 is 7.93. The molecule has 0 aromatic carbocycles. The molecule has 5 heteroatoms. The lowest BCUT2D eigenvalue weighted by Crippen LogP contribution is -2.49. The Hall–Kier alpha value is -0.910. The Labute approximate surface area is 114 Å².